The fraction of sp³-hybridized carbons (Fsp3) is 0.688. The summed E-state index contributed by atoms with van der Waals surface area (Å²) in [5, 5.41) is 32.5. The summed E-state index contributed by atoms with van der Waals surface area (Å²) >= 11 is 0. The fourth-order valence-corrected chi connectivity index (χ4v) is 3.82. The van der Waals surface area contributed by atoms with Crippen molar-refractivity contribution >= 4 is 27.1 Å². The Morgan fingerprint density at radius 2 is 1.86 bits per heavy atom. The van der Waals surface area contributed by atoms with E-state index >= 15 is 0 Å². The predicted octanol–water partition coefficient (Wildman–Crippen LogP) is -0.702. The van der Waals surface area contributed by atoms with Crippen LogP contribution in [0.3, 0.4) is 0 Å². The average Bonchev–Trinajstić information content (AvgIpc) is 3.22. The number of ether oxygens (including phenoxy) is 1. The number of hydrogen-bond donors (Lipinski definition) is 5. The molecule has 2 aromatic rings. The minimum Gasteiger partial charge on any atom is -0.394 e. The molecular formula is C16H25N5O7S. The maximum atomic E-state index is 10.7. The van der Waals surface area contributed by atoms with Crippen molar-refractivity contribution < 1.29 is 33.0 Å². The molecule has 29 heavy (non-hydrogen) atoms. The van der Waals surface area contributed by atoms with Crippen LogP contribution >= 0.6 is 0 Å². The number of anilines is 1. The molecule has 3 rings (SSSR count). The molecule has 0 aliphatic carbocycles. The standard InChI is InChI=1S/C16H25N5O7S/c22-7-10-12(23)13(24)16(28-10)21-9-20-11-14(18-8-19-15(11)21)17-5-3-1-2-4-6-29(25,26)27/h8-10,12-13,16,22-24H,1-7H2,(H,17,18,19)(H,25,26,27). The summed E-state index contributed by atoms with van der Waals surface area (Å²) in [4.78, 5) is 12.6. The third-order valence-electron chi connectivity index (χ3n) is 4.77. The van der Waals surface area contributed by atoms with Crippen molar-refractivity contribution in [2.75, 3.05) is 24.2 Å². The van der Waals surface area contributed by atoms with Gasteiger partial charge in [-0.3, -0.25) is 9.12 Å². The first-order valence-electron chi connectivity index (χ1n) is 9.31. The first-order chi connectivity index (χ1) is 13.8. The summed E-state index contributed by atoms with van der Waals surface area (Å²) in [6, 6.07) is 0. The van der Waals surface area contributed by atoms with Crippen LogP contribution in [0.2, 0.25) is 0 Å². The molecule has 0 amide bonds. The Morgan fingerprint density at radius 3 is 2.55 bits per heavy atom. The summed E-state index contributed by atoms with van der Waals surface area (Å²) < 4.78 is 37.0. The Kier molecular flexibility index (Phi) is 6.97. The van der Waals surface area contributed by atoms with Gasteiger partial charge in [0.25, 0.3) is 10.1 Å². The number of unbranched alkanes of at least 4 members (excludes halogenated alkanes) is 3. The van der Waals surface area contributed by atoms with Gasteiger partial charge in [0.1, 0.15) is 24.6 Å². The molecule has 1 fully saturated rings. The molecule has 1 aliphatic heterocycles. The number of imidazole rings is 1. The highest BCUT2D eigenvalue weighted by molar-refractivity contribution is 7.85. The van der Waals surface area contributed by atoms with Gasteiger partial charge in [-0.1, -0.05) is 12.8 Å². The van der Waals surface area contributed by atoms with E-state index in [9.17, 15) is 23.7 Å². The molecule has 1 saturated heterocycles. The molecule has 0 spiro atoms. The zero-order valence-electron chi connectivity index (χ0n) is 15.6. The summed E-state index contributed by atoms with van der Waals surface area (Å²) in [7, 11) is -3.90. The fourth-order valence-electron chi connectivity index (χ4n) is 3.25. The lowest BCUT2D eigenvalue weighted by Crippen LogP contribution is -2.33. The van der Waals surface area contributed by atoms with Crippen molar-refractivity contribution in [1.82, 2.24) is 19.5 Å². The minimum absolute atomic E-state index is 0.231. The highest BCUT2D eigenvalue weighted by Gasteiger charge is 2.44. The van der Waals surface area contributed by atoms with Gasteiger partial charge in [-0.25, -0.2) is 15.0 Å². The van der Waals surface area contributed by atoms with E-state index in [-0.39, 0.29) is 5.75 Å². The molecule has 0 bridgehead atoms. The molecule has 1 aliphatic rings. The quantitative estimate of drug-likeness (QED) is 0.237. The van der Waals surface area contributed by atoms with Crippen LogP contribution in [0.15, 0.2) is 12.7 Å². The van der Waals surface area contributed by atoms with E-state index in [1.807, 2.05) is 0 Å². The van der Waals surface area contributed by atoms with Crippen LogP contribution in [0.1, 0.15) is 31.9 Å². The van der Waals surface area contributed by atoms with Crippen molar-refractivity contribution in [2.45, 2.75) is 50.2 Å². The van der Waals surface area contributed by atoms with Crippen LogP contribution in [0.4, 0.5) is 5.82 Å². The van der Waals surface area contributed by atoms with Crippen LogP contribution < -0.4 is 5.32 Å². The number of nitrogens with one attached hydrogen (secondary N) is 1. The number of hydrogen-bond acceptors (Lipinski definition) is 10. The van der Waals surface area contributed by atoms with Crippen LogP contribution in [-0.2, 0) is 14.9 Å². The largest absolute Gasteiger partial charge is 0.394 e. The van der Waals surface area contributed by atoms with Crippen LogP contribution in [0.25, 0.3) is 11.2 Å². The topological polar surface area (TPSA) is 180 Å². The number of aromatic nitrogens is 4. The van der Waals surface area contributed by atoms with Gasteiger partial charge in [0.2, 0.25) is 0 Å². The molecule has 0 saturated carbocycles. The van der Waals surface area contributed by atoms with Gasteiger partial charge in [-0.05, 0) is 12.8 Å². The molecule has 0 radical (unpaired) electrons. The van der Waals surface area contributed by atoms with Crippen LogP contribution in [0.5, 0.6) is 0 Å². The predicted molar refractivity (Wildman–Crippen MR) is 102 cm³/mol. The number of rotatable bonds is 10. The monoisotopic (exact) mass is 431 g/mol. The SMILES string of the molecule is O=S(=O)(O)CCCCCCNc1ncnc2c1ncn2C1OC(CO)C(O)C1O. The Bertz CT molecular complexity index is 922. The van der Waals surface area contributed by atoms with E-state index in [0.29, 0.717) is 36.4 Å². The van der Waals surface area contributed by atoms with E-state index in [2.05, 4.69) is 20.3 Å². The minimum atomic E-state index is -3.90. The maximum Gasteiger partial charge on any atom is 0.264 e. The number of aliphatic hydroxyl groups is 3. The van der Waals surface area contributed by atoms with Crippen molar-refractivity contribution in [3.8, 4) is 0 Å². The Hall–Kier alpha value is -1.90. The third-order valence-corrected chi connectivity index (χ3v) is 5.58. The molecule has 0 aromatic carbocycles. The Morgan fingerprint density at radius 1 is 1.10 bits per heavy atom. The molecule has 12 nitrogen and oxygen atoms in total. The maximum absolute atomic E-state index is 10.7. The summed E-state index contributed by atoms with van der Waals surface area (Å²) in [5.41, 5.74) is 0.877. The first kappa shape index (κ1) is 21.8. The summed E-state index contributed by atoms with van der Waals surface area (Å²) in [5.74, 6) is 0.268. The first-order valence-corrected chi connectivity index (χ1v) is 10.9. The van der Waals surface area contributed by atoms with Gasteiger partial charge in [-0.2, -0.15) is 8.42 Å². The Labute approximate surface area is 167 Å². The highest BCUT2D eigenvalue weighted by atomic mass is 32.2. The van der Waals surface area contributed by atoms with E-state index < -0.39 is 41.3 Å². The van der Waals surface area contributed by atoms with Gasteiger partial charge in [0, 0.05) is 6.54 Å². The lowest BCUT2D eigenvalue weighted by atomic mass is 10.1. The summed E-state index contributed by atoms with van der Waals surface area (Å²) in [6.07, 6.45) is 1.13. The number of fused-ring (bicyclic) bond motifs is 1. The van der Waals surface area contributed by atoms with E-state index in [1.165, 1.54) is 17.2 Å². The van der Waals surface area contributed by atoms with Crippen molar-refractivity contribution in [1.29, 1.82) is 0 Å². The molecular weight excluding hydrogens is 406 g/mol. The van der Waals surface area contributed by atoms with E-state index in [1.54, 1.807) is 0 Å². The van der Waals surface area contributed by atoms with Crippen molar-refractivity contribution in [3.05, 3.63) is 12.7 Å². The van der Waals surface area contributed by atoms with Gasteiger partial charge >= 0.3 is 0 Å². The lowest BCUT2D eigenvalue weighted by molar-refractivity contribution is -0.0511. The average molecular weight is 431 g/mol. The molecule has 3 heterocycles. The molecule has 4 atom stereocenters. The third kappa shape index (κ3) is 5.18. The normalized spacial score (nSPS) is 25.0. The summed E-state index contributed by atoms with van der Waals surface area (Å²) in [6.45, 7) is 0.159. The second-order valence-corrected chi connectivity index (χ2v) is 8.47. The van der Waals surface area contributed by atoms with E-state index in [4.69, 9.17) is 9.29 Å². The Balaban J connectivity index is 1.59. The molecule has 162 valence electrons. The zero-order chi connectivity index (χ0) is 21.0. The molecule has 13 heteroatoms. The zero-order valence-corrected chi connectivity index (χ0v) is 16.4. The molecule has 5 N–H and O–H groups in total. The van der Waals surface area contributed by atoms with E-state index in [0.717, 1.165) is 12.8 Å². The second kappa shape index (κ2) is 9.28. The van der Waals surface area contributed by atoms with Crippen molar-refractivity contribution in [2.24, 2.45) is 0 Å². The van der Waals surface area contributed by atoms with Crippen LogP contribution in [-0.4, -0.2) is 85.0 Å². The van der Waals surface area contributed by atoms with Gasteiger partial charge in [-0.15, -0.1) is 0 Å². The smallest absolute Gasteiger partial charge is 0.264 e. The number of aliphatic hydroxyl groups excluding tert-OH is 3. The van der Waals surface area contributed by atoms with Crippen molar-refractivity contribution in [3.63, 3.8) is 0 Å². The highest BCUT2D eigenvalue weighted by Crippen LogP contribution is 2.32. The second-order valence-electron chi connectivity index (χ2n) is 6.90. The van der Waals surface area contributed by atoms with Crippen LogP contribution in [0, 0.1) is 0 Å². The lowest BCUT2D eigenvalue weighted by Gasteiger charge is -2.16. The van der Waals surface area contributed by atoms with Gasteiger partial charge in [0.05, 0.1) is 18.7 Å². The number of nitrogens with zero attached hydrogens (tertiary/aromatic N) is 4. The van der Waals surface area contributed by atoms with Gasteiger partial charge in [0.15, 0.2) is 23.2 Å². The molecule has 2 aromatic heterocycles. The van der Waals surface area contributed by atoms with Gasteiger partial charge < -0.3 is 25.4 Å². The molecule has 4 unspecified atom stereocenters.